The fraction of sp³-hybridized carbons (Fsp3) is 0.208. The summed E-state index contributed by atoms with van der Waals surface area (Å²) < 4.78 is 32.7. The molecule has 1 heterocycles. The van der Waals surface area contributed by atoms with Crippen molar-refractivity contribution in [2.45, 2.75) is 18.7 Å². The minimum Gasteiger partial charge on any atom is -0.457 e. The van der Waals surface area contributed by atoms with Crippen LogP contribution in [-0.4, -0.2) is 53.5 Å². The van der Waals surface area contributed by atoms with Gasteiger partial charge in [0.05, 0.1) is 4.90 Å². The lowest BCUT2D eigenvalue weighted by molar-refractivity contribution is -0.121. The monoisotopic (exact) mass is 495 g/mol. The summed E-state index contributed by atoms with van der Waals surface area (Å²) in [6.07, 6.45) is 0. The maximum absolute atomic E-state index is 12.8. The van der Waals surface area contributed by atoms with Crippen molar-refractivity contribution in [2.24, 2.45) is 0 Å². The number of benzene rings is 3. The third kappa shape index (κ3) is 5.58. The molecule has 0 aliphatic heterocycles. The van der Waals surface area contributed by atoms with Crippen LogP contribution in [0.3, 0.4) is 0 Å². The second-order valence-corrected chi connectivity index (χ2v) is 9.40. The van der Waals surface area contributed by atoms with Crippen LogP contribution >= 0.6 is 0 Å². The van der Waals surface area contributed by atoms with Gasteiger partial charge in [0.1, 0.15) is 22.5 Å². The lowest BCUT2D eigenvalue weighted by Gasteiger charge is -2.18. The van der Waals surface area contributed by atoms with E-state index >= 15 is 0 Å². The zero-order valence-corrected chi connectivity index (χ0v) is 20.1. The lowest BCUT2D eigenvalue weighted by atomic mass is 10.3. The van der Waals surface area contributed by atoms with Crippen molar-refractivity contribution in [1.82, 2.24) is 19.5 Å². The van der Waals surface area contributed by atoms with Crippen molar-refractivity contribution in [3.63, 3.8) is 0 Å². The van der Waals surface area contributed by atoms with Crippen LogP contribution in [0.25, 0.3) is 11.0 Å². The molecule has 0 spiro atoms. The molecule has 0 fully saturated rings. The summed E-state index contributed by atoms with van der Waals surface area (Å²) in [6, 6.07) is 20.8. The summed E-state index contributed by atoms with van der Waals surface area (Å²) in [4.78, 5) is 19.0. The van der Waals surface area contributed by atoms with Gasteiger partial charge in [-0.25, -0.2) is 8.42 Å². The number of ether oxygens (including phenoxy) is 1. The zero-order chi connectivity index (χ0) is 24.8. The van der Waals surface area contributed by atoms with Crippen molar-refractivity contribution in [3.8, 4) is 11.5 Å². The van der Waals surface area contributed by atoms with Crippen LogP contribution in [0.5, 0.6) is 11.5 Å². The molecule has 0 aliphatic rings. The Bertz CT molecular complexity index is 1400. The van der Waals surface area contributed by atoms with Gasteiger partial charge in [-0.1, -0.05) is 36.9 Å². The first kappa shape index (κ1) is 24.2. The Morgan fingerprint density at radius 3 is 2.34 bits per heavy atom. The molecule has 1 amide bonds. The topological polar surface area (TPSA) is 116 Å². The number of carbonyl (C=O) groups is 1. The number of aromatic nitrogens is 3. The number of hydrogen-bond donors (Lipinski definition) is 1. The molecular weight excluding hydrogens is 470 g/mol. The summed E-state index contributed by atoms with van der Waals surface area (Å²) >= 11 is 0. The first-order valence-corrected chi connectivity index (χ1v) is 12.5. The van der Waals surface area contributed by atoms with Gasteiger partial charge in [-0.2, -0.15) is 4.31 Å². The van der Waals surface area contributed by atoms with Crippen LogP contribution in [-0.2, 0) is 14.8 Å². The quantitative estimate of drug-likeness (QED) is 0.359. The Kier molecular flexibility index (Phi) is 7.28. The van der Waals surface area contributed by atoms with E-state index in [2.05, 4.69) is 15.6 Å². The van der Waals surface area contributed by atoms with E-state index in [-0.39, 0.29) is 11.5 Å². The van der Waals surface area contributed by atoms with E-state index in [4.69, 9.17) is 9.57 Å². The van der Waals surface area contributed by atoms with Crippen LogP contribution in [0, 0.1) is 0 Å². The number of rotatable bonds is 10. The Morgan fingerprint density at radius 2 is 1.66 bits per heavy atom. The number of amides is 1. The fourth-order valence-electron chi connectivity index (χ4n) is 3.39. The van der Waals surface area contributed by atoms with E-state index in [0.717, 1.165) is 4.85 Å². The van der Waals surface area contributed by atoms with Crippen LogP contribution in [0.15, 0.2) is 77.7 Å². The van der Waals surface area contributed by atoms with E-state index < -0.39 is 15.9 Å². The van der Waals surface area contributed by atoms with Crippen LogP contribution < -0.4 is 14.9 Å². The van der Waals surface area contributed by atoms with Crippen LogP contribution in [0.1, 0.15) is 13.8 Å². The first-order chi connectivity index (χ1) is 16.9. The molecule has 0 unspecified atom stereocenters. The van der Waals surface area contributed by atoms with Gasteiger partial charge >= 0.3 is 0 Å². The largest absolute Gasteiger partial charge is 0.457 e. The first-order valence-electron chi connectivity index (χ1n) is 11.0. The van der Waals surface area contributed by atoms with Crippen molar-refractivity contribution in [1.29, 1.82) is 0 Å². The number of fused-ring (bicyclic) bond motifs is 1. The third-order valence-corrected chi connectivity index (χ3v) is 7.21. The highest BCUT2D eigenvalue weighted by atomic mass is 32.2. The van der Waals surface area contributed by atoms with E-state index in [9.17, 15) is 13.2 Å². The standard InChI is InChI=1S/C24H25N5O5S/c1-3-28(4-2)35(31,32)21-14-15-22-23(16-21)29(27-26-22)33-17-24(30)25-18-10-12-20(13-11-18)34-19-8-6-5-7-9-19/h5-16H,3-4,17H2,1-2H3,(H,25,30). The predicted octanol–water partition coefficient (Wildman–Crippen LogP) is 3.32. The molecule has 1 aromatic heterocycles. The molecule has 0 saturated carbocycles. The summed E-state index contributed by atoms with van der Waals surface area (Å²) in [7, 11) is -3.66. The number of nitrogens with one attached hydrogen (secondary N) is 1. The van der Waals surface area contributed by atoms with Crippen molar-refractivity contribution < 1.29 is 22.8 Å². The minimum atomic E-state index is -3.66. The van der Waals surface area contributed by atoms with Crippen LogP contribution in [0.4, 0.5) is 5.69 Å². The van der Waals surface area contributed by atoms with E-state index in [1.807, 2.05) is 30.3 Å². The maximum atomic E-state index is 12.8. The fourth-order valence-corrected chi connectivity index (χ4v) is 4.87. The predicted molar refractivity (Wildman–Crippen MR) is 131 cm³/mol. The smallest absolute Gasteiger partial charge is 0.265 e. The molecule has 11 heteroatoms. The molecule has 10 nitrogen and oxygen atoms in total. The van der Waals surface area contributed by atoms with Gasteiger partial charge in [0.25, 0.3) is 5.91 Å². The molecule has 182 valence electrons. The zero-order valence-electron chi connectivity index (χ0n) is 19.3. The molecule has 0 radical (unpaired) electrons. The summed E-state index contributed by atoms with van der Waals surface area (Å²) in [5.41, 5.74) is 1.35. The highest BCUT2D eigenvalue weighted by Crippen LogP contribution is 2.23. The van der Waals surface area contributed by atoms with Crippen molar-refractivity contribution >= 4 is 32.7 Å². The Hall–Kier alpha value is -3.96. The molecule has 1 N–H and O–H groups in total. The average Bonchev–Trinajstić information content (AvgIpc) is 3.27. The molecule has 3 aromatic carbocycles. The molecule has 4 rings (SSSR count). The van der Waals surface area contributed by atoms with Gasteiger partial charge in [-0.15, -0.1) is 5.10 Å². The molecule has 35 heavy (non-hydrogen) atoms. The van der Waals surface area contributed by atoms with E-state index in [0.29, 0.717) is 41.3 Å². The molecule has 4 aromatic rings. The summed E-state index contributed by atoms with van der Waals surface area (Å²) in [5, 5.41) is 10.6. The van der Waals surface area contributed by atoms with Gasteiger partial charge in [-0.05, 0) is 59.8 Å². The Morgan fingerprint density at radius 1 is 0.971 bits per heavy atom. The second-order valence-electron chi connectivity index (χ2n) is 7.46. The van der Waals surface area contributed by atoms with Crippen molar-refractivity contribution in [2.75, 3.05) is 25.0 Å². The summed E-state index contributed by atoms with van der Waals surface area (Å²) in [5.74, 6) is 0.929. The van der Waals surface area contributed by atoms with E-state index in [1.54, 1.807) is 44.2 Å². The number of nitrogens with zero attached hydrogens (tertiary/aromatic N) is 4. The van der Waals surface area contributed by atoms with Gasteiger partial charge in [-0.3, -0.25) is 4.79 Å². The number of anilines is 1. The summed E-state index contributed by atoms with van der Waals surface area (Å²) in [6.45, 7) is 3.90. The lowest BCUT2D eigenvalue weighted by Crippen LogP contribution is -2.30. The Labute approximate surface area is 203 Å². The molecule has 0 atom stereocenters. The number of hydrogen-bond acceptors (Lipinski definition) is 7. The van der Waals surface area contributed by atoms with Gasteiger partial charge in [0.2, 0.25) is 10.0 Å². The highest BCUT2D eigenvalue weighted by Gasteiger charge is 2.23. The van der Waals surface area contributed by atoms with Gasteiger partial charge < -0.3 is 14.9 Å². The SMILES string of the molecule is CCN(CC)S(=O)(=O)c1ccc2nnn(OCC(=O)Nc3ccc(Oc4ccccc4)cc3)c2c1. The maximum Gasteiger partial charge on any atom is 0.265 e. The van der Waals surface area contributed by atoms with Gasteiger partial charge in [0, 0.05) is 18.8 Å². The second kappa shape index (κ2) is 10.5. The number of sulfonamides is 1. The molecule has 0 bridgehead atoms. The van der Waals surface area contributed by atoms with Crippen LogP contribution in [0.2, 0.25) is 0 Å². The highest BCUT2D eigenvalue weighted by molar-refractivity contribution is 7.89. The van der Waals surface area contributed by atoms with E-state index in [1.165, 1.54) is 16.4 Å². The average molecular weight is 496 g/mol. The van der Waals surface area contributed by atoms with Gasteiger partial charge in [0.15, 0.2) is 6.61 Å². The Balaban J connectivity index is 1.39. The number of carbonyl (C=O) groups excluding carboxylic acids is 1. The number of para-hydroxylation sites is 1. The molecular formula is C24H25N5O5S. The minimum absolute atomic E-state index is 0.100. The van der Waals surface area contributed by atoms with Crippen molar-refractivity contribution in [3.05, 3.63) is 72.8 Å². The molecule has 0 saturated heterocycles. The molecule has 0 aliphatic carbocycles. The normalized spacial score (nSPS) is 11.5. The third-order valence-electron chi connectivity index (χ3n) is 5.16.